The molecule has 3 amide bonds. The number of allylic oxidation sites excluding steroid dienone is 2. The van der Waals surface area contributed by atoms with Crippen molar-refractivity contribution in [3.63, 3.8) is 0 Å². The van der Waals surface area contributed by atoms with Crippen LogP contribution in [-0.4, -0.2) is 71.2 Å². The smallest absolute Gasteiger partial charge is 0.242 e. The van der Waals surface area contributed by atoms with Crippen molar-refractivity contribution in [2.45, 2.75) is 44.6 Å². The van der Waals surface area contributed by atoms with Crippen LogP contribution in [0.1, 0.15) is 38.5 Å². The van der Waals surface area contributed by atoms with Crippen molar-refractivity contribution in [2.75, 3.05) is 32.7 Å². The molecule has 4 atom stereocenters. The summed E-state index contributed by atoms with van der Waals surface area (Å²) >= 11 is 0. The number of carbonyl (C=O) groups is 3. The normalized spacial score (nSPS) is 36.7. The van der Waals surface area contributed by atoms with E-state index in [1.165, 1.54) is 37.0 Å². The molecule has 6 nitrogen and oxygen atoms in total. The van der Waals surface area contributed by atoms with Gasteiger partial charge in [-0.15, -0.1) is 0 Å². The van der Waals surface area contributed by atoms with Crippen molar-refractivity contribution in [2.24, 2.45) is 23.7 Å². The van der Waals surface area contributed by atoms with Crippen LogP contribution in [0, 0.1) is 23.7 Å². The molecule has 0 spiro atoms. The number of amides is 3. The molecule has 2 saturated heterocycles. The summed E-state index contributed by atoms with van der Waals surface area (Å²) in [5, 5.41) is 0. The molecule has 0 aromatic rings. The van der Waals surface area contributed by atoms with E-state index in [4.69, 9.17) is 0 Å². The Bertz CT molecular complexity index is 646. The maximum Gasteiger partial charge on any atom is 0.242 e. The van der Waals surface area contributed by atoms with E-state index in [0.29, 0.717) is 19.1 Å². The number of hydrogen-bond acceptors (Lipinski definition) is 4. The summed E-state index contributed by atoms with van der Waals surface area (Å²) < 4.78 is 0. The number of fused-ring (bicyclic) bond motifs is 5. The van der Waals surface area contributed by atoms with Gasteiger partial charge in [-0.25, -0.2) is 0 Å². The highest BCUT2D eigenvalue weighted by atomic mass is 16.2. The summed E-state index contributed by atoms with van der Waals surface area (Å²) in [4.78, 5) is 43.9. The van der Waals surface area contributed by atoms with Gasteiger partial charge in [-0.1, -0.05) is 31.4 Å². The fourth-order valence-electron chi connectivity index (χ4n) is 6.14. The lowest BCUT2D eigenvalue weighted by Gasteiger charge is -2.41. The first-order valence-corrected chi connectivity index (χ1v) is 10.7. The molecule has 0 radical (unpaired) electrons. The lowest BCUT2D eigenvalue weighted by Crippen LogP contribution is -2.54. The number of imide groups is 1. The van der Waals surface area contributed by atoms with Gasteiger partial charge in [-0.05, 0) is 31.1 Å². The number of carbonyl (C=O) groups excluding carboxylic acids is 3. The van der Waals surface area contributed by atoms with Crippen LogP contribution < -0.4 is 0 Å². The van der Waals surface area contributed by atoms with Crippen LogP contribution in [0.4, 0.5) is 0 Å². The Labute approximate surface area is 160 Å². The van der Waals surface area contributed by atoms with Crippen molar-refractivity contribution >= 4 is 17.7 Å². The van der Waals surface area contributed by atoms with Gasteiger partial charge < -0.3 is 4.90 Å². The van der Waals surface area contributed by atoms with Gasteiger partial charge in [0.2, 0.25) is 17.7 Å². The second kappa shape index (κ2) is 6.73. The average molecular weight is 371 g/mol. The van der Waals surface area contributed by atoms with Gasteiger partial charge in [0.25, 0.3) is 0 Å². The van der Waals surface area contributed by atoms with E-state index < -0.39 is 0 Å². The Balaban J connectivity index is 1.17. The van der Waals surface area contributed by atoms with Crippen LogP contribution in [-0.2, 0) is 14.4 Å². The number of hydrogen-bond donors (Lipinski definition) is 0. The first kappa shape index (κ1) is 17.4. The predicted molar refractivity (Wildman–Crippen MR) is 99.5 cm³/mol. The van der Waals surface area contributed by atoms with E-state index in [2.05, 4.69) is 17.1 Å². The molecule has 0 aromatic heterocycles. The highest BCUT2D eigenvalue weighted by Gasteiger charge is 2.59. The zero-order valence-corrected chi connectivity index (χ0v) is 15.9. The summed E-state index contributed by atoms with van der Waals surface area (Å²) in [5.74, 6) is -0.301. The van der Waals surface area contributed by atoms with Crippen molar-refractivity contribution in [1.29, 1.82) is 0 Å². The first-order chi connectivity index (χ1) is 13.1. The number of nitrogens with zero attached hydrogens (tertiary/aromatic N) is 3. The molecular weight excluding hydrogens is 342 g/mol. The molecule has 2 saturated carbocycles. The Hall–Kier alpha value is -1.69. The summed E-state index contributed by atoms with van der Waals surface area (Å²) in [7, 11) is 0. The summed E-state index contributed by atoms with van der Waals surface area (Å²) in [6.45, 7) is 3.19. The number of rotatable bonds is 3. The van der Waals surface area contributed by atoms with Gasteiger partial charge in [-0.2, -0.15) is 0 Å². The second-order valence-corrected chi connectivity index (χ2v) is 8.97. The molecule has 5 rings (SSSR count). The third kappa shape index (κ3) is 2.84. The quantitative estimate of drug-likeness (QED) is 0.554. The molecule has 6 heteroatoms. The van der Waals surface area contributed by atoms with E-state index in [9.17, 15) is 14.4 Å². The number of likely N-dealkylation sites (tertiary alicyclic amines) is 1. The highest BCUT2D eigenvalue weighted by Crippen LogP contribution is 2.52. The lowest BCUT2D eigenvalue weighted by molar-refractivity contribution is -0.147. The summed E-state index contributed by atoms with van der Waals surface area (Å²) in [5.41, 5.74) is 0. The summed E-state index contributed by atoms with van der Waals surface area (Å²) in [6, 6.07) is 0.681. The van der Waals surface area contributed by atoms with Crippen LogP contribution in [0.25, 0.3) is 0 Å². The van der Waals surface area contributed by atoms with Gasteiger partial charge >= 0.3 is 0 Å². The average Bonchev–Trinajstić information content (AvgIpc) is 3.39. The molecule has 0 aromatic carbocycles. The minimum Gasteiger partial charge on any atom is -0.339 e. The number of piperazine rings is 1. The van der Waals surface area contributed by atoms with Crippen molar-refractivity contribution in [1.82, 2.24) is 14.7 Å². The van der Waals surface area contributed by atoms with Crippen molar-refractivity contribution in [3.05, 3.63) is 12.2 Å². The molecule has 2 aliphatic heterocycles. The van der Waals surface area contributed by atoms with Crippen molar-refractivity contribution in [3.8, 4) is 0 Å². The van der Waals surface area contributed by atoms with E-state index in [1.54, 1.807) is 0 Å². The zero-order valence-electron chi connectivity index (χ0n) is 15.9. The van der Waals surface area contributed by atoms with Crippen LogP contribution in [0.5, 0.6) is 0 Å². The Morgan fingerprint density at radius 3 is 2.07 bits per heavy atom. The van der Waals surface area contributed by atoms with Gasteiger partial charge in [-0.3, -0.25) is 24.2 Å². The molecule has 4 fully saturated rings. The summed E-state index contributed by atoms with van der Waals surface area (Å²) in [6.07, 6.45) is 11.7. The van der Waals surface area contributed by atoms with Crippen molar-refractivity contribution < 1.29 is 14.4 Å². The van der Waals surface area contributed by atoms with Gasteiger partial charge in [0.1, 0.15) is 6.54 Å². The monoisotopic (exact) mass is 371 g/mol. The van der Waals surface area contributed by atoms with Gasteiger partial charge in [0.15, 0.2) is 0 Å². The standard InChI is InChI=1S/C21H29N3O3/c25-17(23-10-8-22(9-11-23)16-4-2-1-3-5-16)13-24-20(26)18-14-6-7-15(12-14)19(18)21(24)27/h6-7,14-16,18-19H,1-5,8-13H2. The van der Waals surface area contributed by atoms with E-state index in [-0.39, 0.29) is 47.9 Å². The Morgan fingerprint density at radius 2 is 1.48 bits per heavy atom. The second-order valence-electron chi connectivity index (χ2n) is 8.97. The first-order valence-electron chi connectivity index (χ1n) is 10.7. The van der Waals surface area contributed by atoms with E-state index in [0.717, 1.165) is 19.5 Å². The fourth-order valence-corrected chi connectivity index (χ4v) is 6.14. The molecule has 146 valence electrons. The zero-order chi connectivity index (χ0) is 18.5. The third-order valence-electron chi connectivity index (χ3n) is 7.61. The van der Waals surface area contributed by atoms with Crippen LogP contribution in [0.15, 0.2) is 12.2 Å². The molecule has 0 N–H and O–H groups in total. The van der Waals surface area contributed by atoms with Gasteiger partial charge in [0, 0.05) is 32.2 Å². The lowest BCUT2D eigenvalue weighted by atomic mass is 9.85. The molecule has 4 unspecified atom stereocenters. The van der Waals surface area contributed by atoms with Crippen LogP contribution in [0.2, 0.25) is 0 Å². The minimum atomic E-state index is -0.205. The maximum atomic E-state index is 12.8. The largest absolute Gasteiger partial charge is 0.339 e. The maximum absolute atomic E-state index is 12.8. The van der Waals surface area contributed by atoms with Gasteiger partial charge in [0.05, 0.1) is 11.8 Å². The fraction of sp³-hybridized carbons (Fsp3) is 0.762. The molecule has 3 aliphatic carbocycles. The Kier molecular flexibility index (Phi) is 4.34. The van der Waals surface area contributed by atoms with E-state index >= 15 is 0 Å². The molecule has 2 bridgehead atoms. The van der Waals surface area contributed by atoms with Crippen LogP contribution >= 0.6 is 0 Å². The van der Waals surface area contributed by atoms with E-state index in [1.807, 2.05) is 4.90 Å². The SMILES string of the molecule is O=C(CN1C(=O)C2C3C=CC(C3)C2C1=O)N1CCN(C2CCCCC2)CC1. The topological polar surface area (TPSA) is 60.9 Å². The van der Waals surface area contributed by atoms with Crippen LogP contribution in [0.3, 0.4) is 0 Å². The minimum absolute atomic E-state index is 0.0620. The molecular formula is C21H29N3O3. The molecule has 5 aliphatic rings. The third-order valence-corrected chi connectivity index (χ3v) is 7.61. The molecule has 27 heavy (non-hydrogen) atoms. The highest BCUT2D eigenvalue weighted by molar-refractivity contribution is 6.08. The molecule has 2 heterocycles. The Morgan fingerprint density at radius 1 is 0.889 bits per heavy atom. The predicted octanol–water partition coefficient (Wildman–Crippen LogP) is 1.27.